The Hall–Kier alpha value is -1.73. The van der Waals surface area contributed by atoms with E-state index < -0.39 is 0 Å². The Morgan fingerprint density at radius 1 is 1.30 bits per heavy atom. The molecule has 3 heterocycles. The number of piperidine rings is 1. The number of aromatic nitrogens is 2. The van der Waals surface area contributed by atoms with Gasteiger partial charge in [0.05, 0.1) is 24.3 Å². The lowest BCUT2D eigenvalue weighted by Gasteiger charge is -2.43. The lowest BCUT2D eigenvalue weighted by Crippen LogP contribution is -2.52. The van der Waals surface area contributed by atoms with E-state index >= 15 is 0 Å². The Morgan fingerprint density at radius 3 is 2.74 bits per heavy atom. The van der Waals surface area contributed by atoms with E-state index in [1.165, 1.54) is 19.3 Å². The van der Waals surface area contributed by atoms with Crippen LogP contribution in [-0.2, 0) is 16.1 Å². The number of hydrogen-bond donors (Lipinski definition) is 1. The fourth-order valence-corrected chi connectivity index (χ4v) is 4.52. The number of carbonyl (C=O) groups is 1. The van der Waals surface area contributed by atoms with Crippen molar-refractivity contribution in [3.63, 3.8) is 0 Å². The minimum Gasteiger partial charge on any atom is -0.373 e. The van der Waals surface area contributed by atoms with Gasteiger partial charge in [-0.25, -0.2) is 4.98 Å². The van der Waals surface area contributed by atoms with Gasteiger partial charge in [0.1, 0.15) is 5.82 Å². The number of rotatable bonds is 4. The molecule has 1 spiro atoms. The zero-order chi connectivity index (χ0) is 18.9. The molecule has 2 aliphatic heterocycles. The molecule has 0 radical (unpaired) electrons. The molecule has 2 saturated heterocycles. The standard InChI is InChI=1S/C20H30N4O3/c1-15-21-17(11-18(25)22-15)13-23-8-6-20(7-9-23)14-24(12-16-3-2-4-16)19(26)5-10-27-20/h11,16H,2-10,12-14H2,1H3,(H,21,22,25). The molecule has 0 unspecified atom stereocenters. The van der Waals surface area contributed by atoms with Gasteiger partial charge >= 0.3 is 0 Å². The Bertz CT molecular complexity index is 735. The summed E-state index contributed by atoms with van der Waals surface area (Å²) in [5, 5.41) is 0. The number of hydrogen-bond acceptors (Lipinski definition) is 5. The number of H-pyrrole nitrogens is 1. The molecule has 3 aliphatic rings. The van der Waals surface area contributed by atoms with Gasteiger partial charge < -0.3 is 14.6 Å². The molecule has 0 atom stereocenters. The van der Waals surface area contributed by atoms with Gasteiger partial charge in [0.15, 0.2) is 0 Å². The zero-order valence-corrected chi connectivity index (χ0v) is 16.2. The predicted molar refractivity (Wildman–Crippen MR) is 101 cm³/mol. The highest BCUT2D eigenvalue weighted by molar-refractivity contribution is 5.76. The number of aryl methyl sites for hydroxylation is 1. The van der Waals surface area contributed by atoms with Crippen LogP contribution < -0.4 is 5.56 Å². The van der Waals surface area contributed by atoms with Crippen LogP contribution in [0, 0.1) is 12.8 Å². The first-order valence-electron chi connectivity index (χ1n) is 10.2. The molecule has 1 aromatic heterocycles. The molecule has 3 fully saturated rings. The lowest BCUT2D eigenvalue weighted by molar-refractivity contribution is -0.133. The third-order valence-electron chi connectivity index (χ3n) is 6.33. The van der Waals surface area contributed by atoms with Crippen molar-refractivity contribution in [1.82, 2.24) is 19.8 Å². The summed E-state index contributed by atoms with van der Waals surface area (Å²) in [6.07, 6.45) is 6.17. The van der Waals surface area contributed by atoms with Crippen molar-refractivity contribution < 1.29 is 9.53 Å². The van der Waals surface area contributed by atoms with Gasteiger partial charge in [-0.05, 0) is 38.5 Å². The normalized spacial score (nSPS) is 24.0. The fraction of sp³-hybridized carbons (Fsp3) is 0.750. The molecule has 148 valence electrons. The zero-order valence-electron chi connectivity index (χ0n) is 16.2. The maximum Gasteiger partial charge on any atom is 0.251 e. The van der Waals surface area contributed by atoms with Crippen LogP contribution in [0.4, 0.5) is 0 Å². The van der Waals surface area contributed by atoms with E-state index in [2.05, 4.69) is 19.8 Å². The van der Waals surface area contributed by atoms with E-state index in [9.17, 15) is 9.59 Å². The highest BCUT2D eigenvalue weighted by atomic mass is 16.5. The fourth-order valence-electron chi connectivity index (χ4n) is 4.52. The van der Waals surface area contributed by atoms with Crippen LogP contribution in [-0.4, -0.2) is 64.1 Å². The summed E-state index contributed by atoms with van der Waals surface area (Å²) < 4.78 is 6.24. The second-order valence-electron chi connectivity index (χ2n) is 8.45. The number of amides is 1. The number of nitrogens with one attached hydrogen (secondary N) is 1. The van der Waals surface area contributed by atoms with Crippen LogP contribution in [0.3, 0.4) is 0 Å². The average molecular weight is 374 g/mol. The molecule has 1 aromatic rings. The van der Waals surface area contributed by atoms with Gasteiger partial charge in [-0.1, -0.05) is 6.42 Å². The van der Waals surface area contributed by atoms with Crippen molar-refractivity contribution in [3.05, 3.63) is 27.9 Å². The molecule has 0 aromatic carbocycles. The van der Waals surface area contributed by atoms with Crippen molar-refractivity contribution in [1.29, 1.82) is 0 Å². The molecule has 0 bridgehead atoms. The molecule has 1 N–H and O–H groups in total. The number of aromatic amines is 1. The second-order valence-corrected chi connectivity index (χ2v) is 8.45. The Balaban J connectivity index is 1.37. The first kappa shape index (κ1) is 18.6. The summed E-state index contributed by atoms with van der Waals surface area (Å²) in [6, 6.07) is 1.58. The topological polar surface area (TPSA) is 78.5 Å². The van der Waals surface area contributed by atoms with E-state index in [-0.39, 0.29) is 17.1 Å². The van der Waals surface area contributed by atoms with Gasteiger partial charge in [-0.3, -0.25) is 14.5 Å². The largest absolute Gasteiger partial charge is 0.373 e. The Morgan fingerprint density at radius 2 is 2.07 bits per heavy atom. The highest BCUT2D eigenvalue weighted by Crippen LogP contribution is 2.33. The monoisotopic (exact) mass is 374 g/mol. The van der Waals surface area contributed by atoms with Crippen LogP contribution in [0.2, 0.25) is 0 Å². The van der Waals surface area contributed by atoms with E-state index in [1.54, 1.807) is 6.07 Å². The van der Waals surface area contributed by atoms with Crippen LogP contribution >= 0.6 is 0 Å². The smallest absolute Gasteiger partial charge is 0.251 e. The number of nitrogens with zero attached hydrogens (tertiary/aromatic N) is 3. The van der Waals surface area contributed by atoms with Gasteiger partial charge in [-0.15, -0.1) is 0 Å². The van der Waals surface area contributed by atoms with E-state index in [0.717, 1.165) is 44.7 Å². The minimum atomic E-state index is -0.204. The van der Waals surface area contributed by atoms with E-state index in [4.69, 9.17) is 4.74 Å². The SMILES string of the molecule is Cc1nc(CN2CCC3(CC2)CN(CC2CCC2)C(=O)CCO3)cc(=O)[nH]1. The molecule has 1 saturated carbocycles. The van der Waals surface area contributed by atoms with Gasteiger partial charge in [0.25, 0.3) is 5.56 Å². The van der Waals surface area contributed by atoms with Crippen LogP contribution in [0.15, 0.2) is 10.9 Å². The average Bonchev–Trinajstić information content (AvgIpc) is 2.72. The Kier molecular flexibility index (Phi) is 5.32. The van der Waals surface area contributed by atoms with E-state index in [1.807, 2.05) is 6.92 Å². The number of likely N-dealkylation sites (tertiary alicyclic amines) is 1. The summed E-state index contributed by atoms with van der Waals surface area (Å²) >= 11 is 0. The van der Waals surface area contributed by atoms with Crippen molar-refractivity contribution in [3.8, 4) is 0 Å². The maximum absolute atomic E-state index is 12.5. The summed E-state index contributed by atoms with van der Waals surface area (Å²) in [5.74, 6) is 1.60. The van der Waals surface area contributed by atoms with Gasteiger partial charge in [0, 0.05) is 38.8 Å². The van der Waals surface area contributed by atoms with Crippen LogP contribution in [0.5, 0.6) is 0 Å². The minimum absolute atomic E-state index is 0.0942. The van der Waals surface area contributed by atoms with E-state index in [0.29, 0.717) is 31.3 Å². The second kappa shape index (κ2) is 7.72. The molecular weight excluding hydrogens is 344 g/mol. The van der Waals surface area contributed by atoms with Crippen molar-refractivity contribution >= 4 is 5.91 Å². The first-order valence-corrected chi connectivity index (χ1v) is 10.2. The molecule has 1 amide bonds. The molecule has 7 heteroatoms. The number of carbonyl (C=O) groups excluding carboxylic acids is 1. The summed E-state index contributed by atoms with van der Waals surface area (Å²) in [5.41, 5.74) is 0.517. The summed E-state index contributed by atoms with van der Waals surface area (Å²) in [7, 11) is 0. The highest BCUT2D eigenvalue weighted by Gasteiger charge is 2.41. The van der Waals surface area contributed by atoms with Gasteiger partial charge in [-0.2, -0.15) is 0 Å². The van der Waals surface area contributed by atoms with Gasteiger partial charge in [0.2, 0.25) is 5.91 Å². The third kappa shape index (κ3) is 4.41. The molecular formula is C20H30N4O3. The summed E-state index contributed by atoms with van der Waals surface area (Å²) in [6.45, 7) is 6.48. The van der Waals surface area contributed by atoms with Crippen molar-refractivity contribution in [2.45, 2.75) is 57.6 Å². The predicted octanol–water partition coefficient (Wildman–Crippen LogP) is 1.46. The molecule has 27 heavy (non-hydrogen) atoms. The molecule has 4 rings (SSSR count). The third-order valence-corrected chi connectivity index (χ3v) is 6.33. The van der Waals surface area contributed by atoms with Crippen molar-refractivity contribution in [2.75, 3.05) is 32.8 Å². The maximum atomic E-state index is 12.5. The number of ether oxygens (including phenoxy) is 1. The quantitative estimate of drug-likeness (QED) is 0.863. The molecule has 7 nitrogen and oxygen atoms in total. The van der Waals surface area contributed by atoms with Crippen molar-refractivity contribution in [2.24, 2.45) is 5.92 Å². The molecule has 1 aliphatic carbocycles. The lowest BCUT2D eigenvalue weighted by atomic mass is 9.84. The van der Waals surface area contributed by atoms with Crippen LogP contribution in [0.1, 0.15) is 50.0 Å². The first-order chi connectivity index (χ1) is 13.0. The Labute approximate surface area is 160 Å². The van der Waals surface area contributed by atoms with Crippen LogP contribution in [0.25, 0.3) is 0 Å². The summed E-state index contributed by atoms with van der Waals surface area (Å²) in [4.78, 5) is 35.7.